The van der Waals surface area contributed by atoms with Crippen LogP contribution < -0.4 is 14.4 Å². The maximum absolute atomic E-state index is 13.5. The number of hydrogen-bond donors (Lipinski definition) is 1. The molecule has 5 aliphatic rings. The molecule has 0 unspecified atom stereocenters. The minimum atomic E-state index is -3.86. The minimum absolute atomic E-state index is 0.107. The Bertz CT molecular complexity index is 1650. The Balaban J connectivity index is 1.26. The molecular formula is C38H52ClN3O6S. The highest BCUT2D eigenvalue weighted by molar-refractivity contribution is 7.90. The molecule has 3 aliphatic heterocycles. The number of rotatable bonds is 2. The van der Waals surface area contributed by atoms with E-state index in [0.29, 0.717) is 37.2 Å². The second-order valence-corrected chi connectivity index (χ2v) is 18.1. The Hall–Kier alpha value is -2.37. The fourth-order valence-electron chi connectivity index (χ4n) is 9.02. The lowest BCUT2D eigenvalue weighted by atomic mass is 9.64. The summed E-state index contributed by atoms with van der Waals surface area (Å²) < 4.78 is 48.6. The number of nitrogens with zero attached hydrogens (tertiary/aromatic N) is 2. The van der Waals surface area contributed by atoms with Gasteiger partial charge in [0, 0.05) is 35.0 Å². The van der Waals surface area contributed by atoms with Crippen molar-refractivity contribution in [2.45, 2.75) is 76.5 Å². The van der Waals surface area contributed by atoms with Crippen LogP contribution in [-0.2, 0) is 31.3 Å². The molecule has 7 rings (SSSR count). The van der Waals surface area contributed by atoms with E-state index in [0.717, 1.165) is 74.5 Å². The van der Waals surface area contributed by atoms with Crippen LogP contribution in [0, 0.1) is 29.6 Å². The number of fused-ring (bicyclic) bond motifs is 4. The quantitative estimate of drug-likeness (QED) is 0.412. The number of hydrogen-bond acceptors (Lipinski definition) is 8. The first-order valence-electron chi connectivity index (χ1n) is 18.2. The number of ether oxygens (including phenoxy) is 3. The van der Waals surface area contributed by atoms with Gasteiger partial charge in [-0.25, -0.2) is 13.1 Å². The van der Waals surface area contributed by atoms with E-state index in [-0.39, 0.29) is 41.3 Å². The Morgan fingerprint density at radius 3 is 2.49 bits per heavy atom. The highest BCUT2D eigenvalue weighted by Crippen LogP contribution is 2.49. The highest BCUT2D eigenvalue weighted by atomic mass is 35.5. The van der Waals surface area contributed by atoms with E-state index < -0.39 is 15.9 Å². The standard InChI is InChI=1S/C38H52ClN3O6S/c1-24-7-11-32(37-46-19-30(20-47-37)41(3)4)31-12-8-28(31)18-42-22-38(15-5-6-26-16-29(39)10-13-33(26)38)23-48-35-14-9-27(17-34(35)42)36(43)40-49(44,45)21-25(24)2/h9-10,13-14,16-17,24-25,28,30-32,37H,5-8,11-12,15,18-23H2,1-4H3,(H,40,43)/t24-,25+,28-,30-,31+,32+,37+,38-/m0/s1. The van der Waals surface area contributed by atoms with Gasteiger partial charge in [0.25, 0.3) is 5.91 Å². The third-order valence-corrected chi connectivity index (χ3v) is 14.1. The number of sulfonamides is 1. The van der Waals surface area contributed by atoms with E-state index in [1.54, 1.807) is 6.07 Å². The first-order valence-corrected chi connectivity index (χ1v) is 20.2. The van der Waals surface area contributed by atoms with Crippen molar-refractivity contribution in [3.63, 3.8) is 0 Å². The highest BCUT2D eigenvalue weighted by Gasteiger charge is 2.47. The number of carbonyl (C=O) groups is 1. The van der Waals surface area contributed by atoms with Gasteiger partial charge in [0.15, 0.2) is 6.29 Å². The van der Waals surface area contributed by atoms with Crippen LogP contribution in [0.3, 0.4) is 0 Å². The van der Waals surface area contributed by atoms with Crippen LogP contribution in [0.1, 0.15) is 73.9 Å². The van der Waals surface area contributed by atoms with Crippen molar-refractivity contribution >= 4 is 33.2 Å². The molecule has 2 aliphatic carbocycles. The monoisotopic (exact) mass is 713 g/mol. The van der Waals surface area contributed by atoms with Crippen molar-refractivity contribution in [3.8, 4) is 5.75 Å². The van der Waals surface area contributed by atoms with Crippen LogP contribution in [0.4, 0.5) is 5.69 Å². The molecule has 2 fully saturated rings. The van der Waals surface area contributed by atoms with Gasteiger partial charge in [-0.15, -0.1) is 0 Å². The van der Waals surface area contributed by atoms with Gasteiger partial charge >= 0.3 is 0 Å². The third kappa shape index (κ3) is 7.23. The number of aryl methyl sites for hydroxylation is 1. The van der Waals surface area contributed by atoms with Gasteiger partial charge in [-0.2, -0.15) is 0 Å². The van der Waals surface area contributed by atoms with Crippen LogP contribution in [0.2, 0.25) is 5.02 Å². The van der Waals surface area contributed by atoms with E-state index >= 15 is 0 Å². The van der Waals surface area contributed by atoms with Crippen LogP contribution in [-0.4, -0.2) is 84.3 Å². The summed E-state index contributed by atoms with van der Waals surface area (Å²) in [5, 5.41) is 0.750. The molecule has 9 nitrogen and oxygen atoms in total. The summed E-state index contributed by atoms with van der Waals surface area (Å²) in [7, 11) is 0.266. The molecule has 1 saturated heterocycles. The molecule has 1 saturated carbocycles. The van der Waals surface area contributed by atoms with Gasteiger partial charge in [-0.05, 0) is 124 Å². The fraction of sp³-hybridized carbons (Fsp3) is 0.658. The van der Waals surface area contributed by atoms with Gasteiger partial charge < -0.3 is 24.0 Å². The van der Waals surface area contributed by atoms with Gasteiger partial charge in [0.2, 0.25) is 10.0 Å². The smallest absolute Gasteiger partial charge is 0.264 e. The zero-order chi connectivity index (χ0) is 34.5. The summed E-state index contributed by atoms with van der Waals surface area (Å²) in [4.78, 5) is 18.1. The predicted molar refractivity (Wildman–Crippen MR) is 192 cm³/mol. The Morgan fingerprint density at radius 2 is 1.76 bits per heavy atom. The summed E-state index contributed by atoms with van der Waals surface area (Å²) in [5.41, 5.74) is 3.49. The lowest BCUT2D eigenvalue weighted by Gasteiger charge is -2.49. The molecule has 3 heterocycles. The van der Waals surface area contributed by atoms with E-state index in [9.17, 15) is 13.2 Å². The molecule has 49 heavy (non-hydrogen) atoms. The molecule has 1 spiro atoms. The predicted octanol–water partition coefficient (Wildman–Crippen LogP) is 5.88. The molecule has 6 atom stereocenters. The lowest BCUT2D eigenvalue weighted by Crippen LogP contribution is -2.52. The average molecular weight is 714 g/mol. The zero-order valence-corrected chi connectivity index (χ0v) is 30.9. The number of anilines is 1. The Kier molecular flexibility index (Phi) is 10.0. The van der Waals surface area contributed by atoms with E-state index in [1.807, 2.05) is 25.1 Å². The molecule has 1 amide bonds. The van der Waals surface area contributed by atoms with Gasteiger partial charge in [-0.1, -0.05) is 31.5 Å². The maximum atomic E-state index is 13.5. The summed E-state index contributed by atoms with van der Waals surface area (Å²) in [5.74, 6) is 1.07. The van der Waals surface area contributed by atoms with Gasteiger partial charge in [0.1, 0.15) is 5.75 Å². The summed E-state index contributed by atoms with van der Waals surface area (Å²) in [6.07, 6.45) is 6.73. The largest absolute Gasteiger partial charge is 0.490 e. The fourth-order valence-corrected chi connectivity index (χ4v) is 10.7. The Morgan fingerprint density at radius 1 is 0.980 bits per heavy atom. The second kappa shape index (κ2) is 14.0. The Labute approximate surface area is 297 Å². The van der Waals surface area contributed by atoms with E-state index in [4.69, 9.17) is 25.8 Å². The number of nitrogens with one attached hydrogen (secondary N) is 1. The molecule has 2 aromatic rings. The summed E-state index contributed by atoms with van der Waals surface area (Å²) >= 11 is 6.47. The van der Waals surface area contributed by atoms with E-state index in [2.05, 4.69) is 47.7 Å². The first-order chi connectivity index (χ1) is 23.4. The van der Waals surface area contributed by atoms with Gasteiger partial charge in [-0.3, -0.25) is 4.79 Å². The van der Waals surface area contributed by atoms with Crippen LogP contribution >= 0.6 is 11.6 Å². The first kappa shape index (κ1) is 35.1. The number of benzene rings is 2. The third-order valence-electron chi connectivity index (χ3n) is 12.4. The number of halogens is 1. The van der Waals surface area contributed by atoms with Crippen molar-refractivity contribution in [2.24, 2.45) is 29.6 Å². The van der Waals surface area contributed by atoms with Crippen molar-refractivity contribution < 1.29 is 27.4 Å². The second-order valence-electron chi connectivity index (χ2n) is 15.8. The molecule has 268 valence electrons. The van der Waals surface area contributed by atoms with Crippen molar-refractivity contribution in [3.05, 3.63) is 58.1 Å². The molecule has 0 radical (unpaired) electrons. The maximum Gasteiger partial charge on any atom is 0.264 e. The topological polar surface area (TPSA) is 97.4 Å². The van der Waals surface area contributed by atoms with Crippen LogP contribution in [0.25, 0.3) is 0 Å². The normalized spacial score (nSPS) is 34.9. The molecule has 1 N–H and O–H groups in total. The lowest BCUT2D eigenvalue weighted by molar-refractivity contribution is -0.241. The number of amides is 1. The molecular weight excluding hydrogens is 662 g/mol. The van der Waals surface area contributed by atoms with Crippen molar-refractivity contribution in [1.82, 2.24) is 9.62 Å². The zero-order valence-electron chi connectivity index (χ0n) is 29.3. The molecule has 2 bridgehead atoms. The minimum Gasteiger partial charge on any atom is -0.490 e. The SMILES string of the molecule is C[C@@H]1CS(=O)(=O)NC(=O)c2ccc3c(c2)N(C[C@@H]2CC[C@H]2[C@H]([C@H]2OC[C@@H](N(C)C)CO2)CC[C@@H]1C)C[C@@]1(CCCc2cc(Cl)ccc21)CO3. The molecule has 2 aromatic carbocycles. The van der Waals surface area contributed by atoms with Crippen molar-refractivity contribution in [1.29, 1.82) is 0 Å². The molecule has 0 aromatic heterocycles. The van der Waals surface area contributed by atoms with Crippen LogP contribution in [0.5, 0.6) is 5.75 Å². The van der Waals surface area contributed by atoms with E-state index in [1.165, 1.54) is 11.1 Å². The number of carbonyl (C=O) groups excluding carboxylic acids is 1. The van der Waals surface area contributed by atoms with Gasteiger partial charge in [0.05, 0.1) is 37.3 Å². The number of likely N-dealkylation sites (N-methyl/N-ethyl adjacent to an activating group) is 1. The van der Waals surface area contributed by atoms with Crippen molar-refractivity contribution in [2.75, 3.05) is 57.7 Å². The summed E-state index contributed by atoms with van der Waals surface area (Å²) in [6.45, 7) is 7.45. The van der Waals surface area contributed by atoms with Crippen LogP contribution in [0.15, 0.2) is 36.4 Å². The average Bonchev–Trinajstić information content (AvgIpc) is 3.20. The molecule has 11 heteroatoms. The summed E-state index contributed by atoms with van der Waals surface area (Å²) in [6, 6.07) is 11.9.